The smallest absolute Gasteiger partial charge is 0.137 e. The van der Waals surface area contributed by atoms with Gasteiger partial charge in [0.1, 0.15) is 5.82 Å². The normalized spacial score (nSPS) is 18.2. The molecule has 1 atom stereocenters. The van der Waals surface area contributed by atoms with E-state index in [2.05, 4.69) is 58.3 Å². The number of likely N-dealkylation sites (N-methyl/N-ethyl adjacent to an activating group) is 2. The Labute approximate surface area is 138 Å². The van der Waals surface area contributed by atoms with Gasteiger partial charge in [-0.25, -0.2) is 4.98 Å². The van der Waals surface area contributed by atoms with Crippen LogP contribution in [-0.4, -0.2) is 66.6 Å². The van der Waals surface area contributed by atoms with Gasteiger partial charge in [-0.2, -0.15) is 0 Å². The highest BCUT2D eigenvalue weighted by molar-refractivity contribution is 5.55. The standard InChI is InChI=1S/C18H27N5/c1-14-17(21-18(20-14)15-7-5-4-6-8-15)16(13-19-2)23-11-9-22(3)10-12-23/h4-8,16,19H,9-13H2,1-3H3,(H,20,21). The van der Waals surface area contributed by atoms with Crippen LogP contribution < -0.4 is 5.32 Å². The summed E-state index contributed by atoms with van der Waals surface area (Å²) in [5.41, 5.74) is 3.48. The summed E-state index contributed by atoms with van der Waals surface area (Å²) in [6.45, 7) is 7.48. The first kappa shape index (κ1) is 16.2. The zero-order valence-electron chi connectivity index (χ0n) is 14.3. The third kappa shape index (κ3) is 3.63. The van der Waals surface area contributed by atoms with Gasteiger partial charge in [-0.15, -0.1) is 0 Å². The quantitative estimate of drug-likeness (QED) is 0.885. The molecule has 1 unspecified atom stereocenters. The number of benzene rings is 1. The van der Waals surface area contributed by atoms with Gasteiger partial charge in [0.25, 0.3) is 0 Å². The minimum absolute atomic E-state index is 0.322. The molecule has 0 saturated carbocycles. The van der Waals surface area contributed by atoms with Gasteiger partial charge in [0.15, 0.2) is 0 Å². The topological polar surface area (TPSA) is 47.2 Å². The van der Waals surface area contributed by atoms with E-state index in [9.17, 15) is 0 Å². The maximum Gasteiger partial charge on any atom is 0.137 e. The van der Waals surface area contributed by atoms with Crippen molar-refractivity contribution in [2.24, 2.45) is 0 Å². The van der Waals surface area contributed by atoms with E-state index >= 15 is 0 Å². The zero-order valence-corrected chi connectivity index (χ0v) is 14.3. The fourth-order valence-electron chi connectivity index (χ4n) is 3.26. The molecule has 5 heteroatoms. The number of rotatable bonds is 5. The van der Waals surface area contributed by atoms with Gasteiger partial charge in [-0.3, -0.25) is 4.90 Å². The monoisotopic (exact) mass is 313 g/mol. The van der Waals surface area contributed by atoms with Gasteiger partial charge in [-0.1, -0.05) is 30.3 Å². The molecule has 1 aliphatic heterocycles. The average Bonchev–Trinajstić information content (AvgIpc) is 2.96. The second kappa shape index (κ2) is 7.25. The first-order chi connectivity index (χ1) is 11.2. The van der Waals surface area contributed by atoms with Gasteiger partial charge in [0.05, 0.1) is 11.7 Å². The van der Waals surface area contributed by atoms with Gasteiger partial charge >= 0.3 is 0 Å². The van der Waals surface area contributed by atoms with E-state index < -0.39 is 0 Å². The van der Waals surface area contributed by atoms with Crippen LogP contribution >= 0.6 is 0 Å². The number of hydrogen-bond acceptors (Lipinski definition) is 4. The molecule has 1 aliphatic rings. The summed E-state index contributed by atoms with van der Waals surface area (Å²) in [4.78, 5) is 13.4. The highest BCUT2D eigenvalue weighted by Gasteiger charge is 2.27. The van der Waals surface area contributed by atoms with E-state index in [4.69, 9.17) is 4.98 Å². The Balaban J connectivity index is 1.86. The summed E-state index contributed by atoms with van der Waals surface area (Å²) in [5, 5.41) is 3.34. The predicted molar refractivity (Wildman–Crippen MR) is 94.5 cm³/mol. The van der Waals surface area contributed by atoms with E-state index in [-0.39, 0.29) is 0 Å². The SMILES string of the molecule is CNCC(c1nc(-c2ccccc2)[nH]c1C)N1CCN(C)CC1. The molecule has 0 bridgehead atoms. The molecule has 1 aromatic heterocycles. The summed E-state index contributed by atoms with van der Waals surface area (Å²) < 4.78 is 0. The maximum atomic E-state index is 4.94. The molecule has 1 fully saturated rings. The fraction of sp³-hybridized carbons (Fsp3) is 0.500. The number of aromatic amines is 1. The largest absolute Gasteiger partial charge is 0.342 e. The lowest BCUT2D eigenvalue weighted by Gasteiger charge is -2.37. The highest BCUT2D eigenvalue weighted by Crippen LogP contribution is 2.26. The number of nitrogens with zero attached hydrogens (tertiary/aromatic N) is 3. The molecular weight excluding hydrogens is 286 g/mol. The molecule has 0 spiro atoms. The molecule has 5 nitrogen and oxygen atoms in total. The van der Waals surface area contributed by atoms with Crippen molar-refractivity contribution < 1.29 is 0 Å². The maximum absolute atomic E-state index is 4.94. The van der Waals surface area contributed by atoms with Gasteiger partial charge in [-0.05, 0) is 21.0 Å². The third-order valence-electron chi connectivity index (χ3n) is 4.66. The Kier molecular flexibility index (Phi) is 5.10. The lowest BCUT2D eigenvalue weighted by atomic mass is 10.1. The summed E-state index contributed by atoms with van der Waals surface area (Å²) in [7, 11) is 4.21. The molecule has 2 heterocycles. The van der Waals surface area contributed by atoms with Crippen LogP contribution in [0.25, 0.3) is 11.4 Å². The second-order valence-electron chi connectivity index (χ2n) is 6.37. The van der Waals surface area contributed by atoms with Gasteiger partial charge in [0.2, 0.25) is 0 Å². The molecule has 0 aliphatic carbocycles. The lowest BCUT2D eigenvalue weighted by Crippen LogP contribution is -2.48. The van der Waals surface area contributed by atoms with Crippen LogP contribution in [-0.2, 0) is 0 Å². The molecule has 1 saturated heterocycles. The number of H-pyrrole nitrogens is 1. The minimum Gasteiger partial charge on any atom is -0.342 e. The molecule has 2 N–H and O–H groups in total. The Morgan fingerprint density at radius 2 is 1.87 bits per heavy atom. The number of hydrogen-bond donors (Lipinski definition) is 2. The molecular formula is C18H27N5. The molecule has 23 heavy (non-hydrogen) atoms. The number of nitrogens with one attached hydrogen (secondary N) is 2. The van der Waals surface area contributed by atoms with Crippen molar-refractivity contribution in [1.82, 2.24) is 25.1 Å². The fourth-order valence-corrected chi connectivity index (χ4v) is 3.26. The Hall–Kier alpha value is -1.69. The average molecular weight is 313 g/mol. The van der Waals surface area contributed by atoms with Crippen LogP contribution in [0, 0.1) is 6.92 Å². The van der Waals surface area contributed by atoms with Crippen molar-refractivity contribution in [2.75, 3.05) is 46.8 Å². The van der Waals surface area contributed by atoms with Crippen LogP contribution in [0.3, 0.4) is 0 Å². The molecule has 0 amide bonds. The first-order valence-electron chi connectivity index (χ1n) is 8.38. The Bertz CT molecular complexity index is 614. The number of imidazole rings is 1. The molecule has 1 aromatic carbocycles. The molecule has 124 valence electrons. The van der Waals surface area contributed by atoms with Crippen molar-refractivity contribution in [2.45, 2.75) is 13.0 Å². The van der Waals surface area contributed by atoms with E-state index in [1.807, 2.05) is 13.1 Å². The Morgan fingerprint density at radius 3 is 2.52 bits per heavy atom. The second-order valence-corrected chi connectivity index (χ2v) is 6.37. The first-order valence-corrected chi connectivity index (χ1v) is 8.38. The van der Waals surface area contributed by atoms with Crippen molar-refractivity contribution in [3.8, 4) is 11.4 Å². The predicted octanol–water partition coefficient (Wildman–Crippen LogP) is 1.89. The summed E-state index contributed by atoms with van der Waals surface area (Å²) >= 11 is 0. The van der Waals surface area contributed by atoms with E-state index in [0.717, 1.165) is 44.1 Å². The van der Waals surface area contributed by atoms with Gasteiger partial charge < -0.3 is 15.2 Å². The number of aromatic nitrogens is 2. The summed E-state index contributed by atoms with van der Waals surface area (Å²) in [5.74, 6) is 0.966. The summed E-state index contributed by atoms with van der Waals surface area (Å²) in [6, 6.07) is 10.7. The van der Waals surface area contributed by atoms with Crippen LogP contribution in [0.5, 0.6) is 0 Å². The van der Waals surface area contributed by atoms with Crippen LogP contribution in [0.4, 0.5) is 0 Å². The molecule has 0 radical (unpaired) electrons. The molecule has 2 aromatic rings. The minimum atomic E-state index is 0.322. The summed E-state index contributed by atoms with van der Waals surface area (Å²) in [6.07, 6.45) is 0. The molecule has 3 rings (SSSR count). The van der Waals surface area contributed by atoms with Crippen molar-refractivity contribution in [3.05, 3.63) is 41.7 Å². The zero-order chi connectivity index (χ0) is 16.2. The highest BCUT2D eigenvalue weighted by atomic mass is 15.3. The lowest BCUT2D eigenvalue weighted by molar-refractivity contribution is 0.109. The van der Waals surface area contributed by atoms with Crippen molar-refractivity contribution >= 4 is 0 Å². The number of aryl methyl sites for hydroxylation is 1. The van der Waals surface area contributed by atoms with E-state index in [1.165, 1.54) is 11.4 Å². The Morgan fingerprint density at radius 1 is 1.17 bits per heavy atom. The number of piperazine rings is 1. The van der Waals surface area contributed by atoms with Crippen molar-refractivity contribution in [1.29, 1.82) is 0 Å². The van der Waals surface area contributed by atoms with Crippen LogP contribution in [0.15, 0.2) is 30.3 Å². The van der Waals surface area contributed by atoms with E-state index in [0.29, 0.717) is 6.04 Å². The van der Waals surface area contributed by atoms with Crippen LogP contribution in [0.2, 0.25) is 0 Å². The van der Waals surface area contributed by atoms with Gasteiger partial charge in [0, 0.05) is 44.0 Å². The van der Waals surface area contributed by atoms with E-state index in [1.54, 1.807) is 0 Å². The third-order valence-corrected chi connectivity index (χ3v) is 4.66. The van der Waals surface area contributed by atoms with Crippen LogP contribution in [0.1, 0.15) is 17.4 Å². The van der Waals surface area contributed by atoms with Crippen molar-refractivity contribution in [3.63, 3.8) is 0 Å².